The maximum Gasteiger partial charge on any atom is 0.308 e. The molecule has 4 unspecified atom stereocenters. The Morgan fingerprint density at radius 3 is 1.54 bits per heavy atom. The van der Waals surface area contributed by atoms with Gasteiger partial charge in [0.2, 0.25) is 5.78 Å². The van der Waals surface area contributed by atoms with E-state index in [1.54, 1.807) is 12.2 Å². The van der Waals surface area contributed by atoms with Gasteiger partial charge in [0, 0.05) is 0 Å². The summed E-state index contributed by atoms with van der Waals surface area (Å²) in [5, 5.41) is 18.1. The lowest BCUT2D eigenvalue weighted by molar-refractivity contribution is -0.166. The van der Waals surface area contributed by atoms with Crippen molar-refractivity contribution in [1.82, 2.24) is 0 Å². The van der Waals surface area contributed by atoms with Crippen molar-refractivity contribution in [2.24, 2.45) is 11.8 Å². The predicted octanol–water partition coefficient (Wildman–Crippen LogP) is 2.21. The number of allylic oxidation sites excluding steroid dienone is 2. The average molecular weight is 366 g/mol. The van der Waals surface area contributed by atoms with Crippen molar-refractivity contribution in [2.45, 2.75) is 50.7 Å². The summed E-state index contributed by atoms with van der Waals surface area (Å²) in [5.74, 6) is -3.75. The molecule has 2 aliphatic carbocycles. The molecule has 0 amide bonds. The summed E-state index contributed by atoms with van der Waals surface area (Å²) >= 11 is 0. The Labute approximate surface area is 152 Å². The second kappa shape index (κ2) is 8.14. The van der Waals surface area contributed by atoms with Crippen molar-refractivity contribution in [3.8, 4) is 0 Å². The van der Waals surface area contributed by atoms with E-state index in [-0.39, 0.29) is 19.0 Å². The van der Waals surface area contributed by atoms with Crippen molar-refractivity contribution in [3.05, 3.63) is 24.3 Å². The lowest BCUT2D eigenvalue weighted by Crippen LogP contribution is -2.53. The lowest BCUT2D eigenvalue weighted by Gasteiger charge is -2.36. The molecule has 0 spiro atoms. The summed E-state index contributed by atoms with van der Waals surface area (Å²) in [7, 11) is 0. The fraction of sp³-hybridized carbons (Fsp3) is 0.632. The van der Waals surface area contributed by atoms with Gasteiger partial charge in [-0.15, -0.1) is 0 Å². The fourth-order valence-corrected chi connectivity index (χ4v) is 3.11. The molecular weight excluding hydrogens is 340 g/mol. The van der Waals surface area contributed by atoms with Gasteiger partial charge in [-0.05, 0) is 51.7 Å². The zero-order valence-corrected chi connectivity index (χ0v) is 15.1. The number of hydrogen-bond acceptors (Lipinski definition) is 5. The highest BCUT2D eigenvalue weighted by molar-refractivity contribution is 5.99. The Morgan fingerprint density at radius 1 is 0.885 bits per heavy atom. The first-order valence-electron chi connectivity index (χ1n) is 8.86. The third-order valence-electron chi connectivity index (χ3n) is 4.93. The second-order valence-corrected chi connectivity index (χ2v) is 7.09. The van der Waals surface area contributed by atoms with Crippen LogP contribution in [0.2, 0.25) is 0 Å². The van der Waals surface area contributed by atoms with E-state index in [1.165, 1.54) is 13.8 Å². The number of rotatable bonds is 10. The monoisotopic (exact) mass is 366 g/mol. The van der Waals surface area contributed by atoms with Crippen LogP contribution in [-0.4, -0.2) is 52.4 Å². The van der Waals surface area contributed by atoms with E-state index in [0.717, 1.165) is 0 Å². The fourth-order valence-electron chi connectivity index (χ4n) is 3.11. The van der Waals surface area contributed by atoms with Crippen LogP contribution in [0.15, 0.2) is 24.3 Å². The van der Waals surface area contributed by atoms with Crippen LogP contribution in [-0.2, 0) is 23.9 Å². The minimum Gasteiger partial charge on any atom is -0.481 e. The zero-order valence-electron chi connectivity index (χ0n) is 15.1. The standard InChI is InChI=1S/C19H26O7/c1-13(15(20)21)11-25-18(7-3-4-8-18)17(24)19(9-5-6-10-19)26-12-14(2)16(22)23/h3,5,7,9,13-14H,4,6,8,10-12H2,1-2H3,(H,20,21)(H,22,23). The SMILES string of the molecule is CC(COC1(C(=O)C2(OCC(C)C(=O)O)C=CCC2)C=CCC1)C(=O)O. The number of aliphatic carboxylic acids is 2. The first-order chi connectivity index (χ1) is 12.2. The first kappa shape index (κ1) is 20.3. The van der Waals surface area contributed by atoms with Crippen LogP contribution in [0.5, 0.6) is 0 Å². The van der Waals surface area contributed by atoms with Crippen LogP contribution in [0.1, 0.15) is 39.5 Å². The van der Waals surface area contributed by atoms with Crippen molar-refractivity contribution in [3.63, 3.8) is 0 Å². The number of carbonyl (C=O) groups excluding carboxylic acids is 1. The molecule has 0 heterocycles. The molecule has 0 aromatic carbocycles. The molecule has 0 saturated heterocycles. The third kappa shape index (κ3) is 4.22. The van der Waals surface area contributed by atoms with E-state index >= 15 is 0 Å². The highest BCUT2D eigenvalue weighted by Crippen LogP contribution is 2.39. The molecular formula is C19H26O7. The molecule has 2 rings (SSSR count). The van der Waals surface area contributed by atoms with E-state index in [0.29, 0.717) is 25.7 Å². The number of ether oxygens (including phenoxy) is 2. The third-order valence-corrected chi connectivity index (χ3v) is 4.93. The Morgan fingerprint density at radius 2 is 1.27 bits per heavy atom. The van der Waals surface area contributed by atoms with Gasteiger partial charge in [-0.2, -0.15) is 0 Å². The Bertz CT molecular complexity index is 571. The van der Waals surface area contributed by atoms with Gasteiger partial charge in [0.1, 0.15) is 11.2 Å². The van der Waals surface area contributed by atoms with Crippen molar-refractivity contribution < 1.29 is 34.1 Å². The second-order valence-electron chi connectivity index (χ2n) is 7.09. The molecule has 7 heteroatoms. The Balaban J connectivity index is 2.19. The molecule has 0 aromatic heterocycles. The highest BCUT2D eigenvalue weighted by Gasteiger charge is 2.51. The predicted molar refractivity (Wildman–Crippen MR) is 92.7 cm³/mol. The molecule has 0 bridgehead atoms. The van der Waals surface area contributed by atoms with Crippen molar-refractivity contribution in [2.75, 3.05) is 13.2 Å². The summed E-state index contributed by atoms with van der Waals surface area (Å²) in [5.41, 5.74) is -2.46. The van der Waals surface area contributed by atoms with Gasteiger partial charge in [-0.25, -0.2) is 0 Å². The first-order valence-corrected chi connectivity index (χ1v) is 8.86. The molecule has 2 aliphatic rings. The zero-order chi connectivity index (χ0) is 19.4. The molecule has 0 radical (unpaired) electrons. The van der Waals surface area contributed by atoms with Gasteiger partial charge in [0.05, 0.1) is 25.0 Å². The van der Waals surface area contributed by atoms with E-state index < -0.39 is 35.0 Å². The van der Waals surface area contributed by atoms with Gasteiger partial charge < -0.3 is 19.7 Å². The lowest BCUT2D eigenvalue weighted by atomic mass is 9.83. The number of ketones is 1. The highest BCUT2D eigenvalue weighted by atomic mass is 16.5. The summed E-state index contributed by atoms with van der Waals surface area (Å²) in [6, 6.07) is 0. The molecule has 0 aliphatic heterocycles. The minimum atomic E-state index is -1.23. The number of carbonyl (C=O) groups is 3. The van der Waals surface area contributed by atoms with Gasteiger partial charge in [-0.1, -0.05) is 12.2 Å². The minimum absolute atomic E-state index is 0.0866. The van der Waals surface area contributed by atoms with Crippen molar-refractivity contribution in [1.29, 1.82) is 0 Å². The van der Waals surface area contributed by atoms with Gasteiger partial charge in [0.25, 0.3) is 0 Å². The largest absolute Gasteiger partial charge is 0.481 e. The molecule has 4 atom stereocenters. The smallest absolute Gasteiger partial charge is 0.308 e. The molecule has 0 fully saturated rings. The maximum atomic E-state index is 13.4. The van der Waals surface area contributed by atoms with Crippen LogP contribution >= 0.6 is 0 Å². The summed E-state index contributed by atoms with van der Waals surface area (Å²) in [4.78, 5) is 35.5. The van der Waals surface area contributed by atoms with Crippen LogP contribution < -0.4 is 0 Å². The molecule has 2 N–H and O–H groups in total. The van der Waals surface area contributed by atoms with Crippen LogP contribution in [0.3, 0.4) is 0 Å². The summed E-state index contributed by atoms with van der Waals surface area (Å²) in [6.07, 6.45) is 9.20. The molecule has 0 saturated carbocycles. The Hall–Kier alpha value is -1.99. The molecule has 0 aromatic rings. The van der Waals surface area contributed by atoms with E-state index in [4.69, 9.17) is 19.7 Å². The van der Waals surface area contributed by atoms with Gasteiger partial charge in [0.15, 0.2) is 0 Å². The topological polar surface area (TPSA) is 110 Å². The normalized spacial score (nSPS) is 29.6. The van der Waals surface area contributed by atoms with E-state index in [1.807, 2.05) is 12.2 Å². The molecule has 144 valence electrons. The van der Waals surface area contributed by atoms with Crippen LogP contribution in [0.25, 0.3) is 0 Å². The van der Waals surface area contributed by atoms with Gasteiger partial charge >= 0.3 is 11.9 Å². The van der Waals surface area contributed by atoms with Crippen LogP contribution in [0.4, 0.5) is 0 Å². The summed E-state index contributed by atoms with van der Waals surface area (Å²) < 4.78 is 11.6. The quantitative estimate of drug-likeness (QED) is 0.570. The maximum absolute atomic E-state index is 13.4. The van der Waals surface area contributed by atoms with Gasteiger partial charge in [-0.3, -0.25) is 14.4 Å². The molecule has 26 heavy (non-hydrogen) atoms. The van der Waals surface area contributed by atoms with E-state index in [9.17, 15) is 14.4 Å². The number of carboxylic acid groups (broad SMARTS) is 2. The number of hydrogen-bond donors (Lipinski definition) is 2. The van der Waals surface area contributed by atoms with Crippen LogP contribution in [0, 0.1) is 11.8 Å². The Kier molecular flexibility index (Phi) is 6.36. The average Bonchev–Trinajstić information content (AvgIpc) is 3.27. The van der Waals surface area contributed by atoms with E-state index in [2.05, 4.69) is 0 Å². The number of Topliss-reactive ketones (excluding diaryl/α,β-unsaturated/α-hetero) is 1. The summed E-state index contributed by atoms with van der Waals surface area (Å²) in [6.45, 7) is 2.87. The van der Waals surface area contributed by atoms with Crippen molar-refractivity contribution >= 4 is 17.7 Å². The number of carboxylic acids is 2. The molecule has 7 nitrogen and oxygen atoms in total.